The molecule has 0 spiro atoms. The number of aryl methyl sites for hydroxylation is 1. The van der Waals surface area contributed by atoms with E-state index >= 15 is 0 Å². The summed E-state index contributed by atoms with van der Waals surface area (Å²) in [6, 6.07) is 4.96. The van der Waals surface area contributed by atoms with Gasteiger partial charge in [-0.25, -0.2) is 0 Å². The maximum atomic E-state index is 3.59. The van der Waals surface area contributed by atoms with Crippen LogP contribution in [0.2, 0.25) is 0 Å². The first-order valence-electron chi connectivity index (χ1n) is 6.02. The van der Waals surface area contributed by atoms with Crippen molar-refractivity contribution in [3.05, 3.63) is 21.9 Å². The van der Waals surface area contributed by atoms with E-state index in [1.54, 1.807) is 0 Å². The highest BCUT2D eigenvalue weighted by Crippen LogP contribution is 2.22. The summed E-state index contributed by atoms with van der Waals surface area (Å²) in [5, 5.41) is 3.59. The highest BCUT2D eigenvalue weighted by atomic mass is 32.2. The smallest absolute Gasteiger partial charge is 0.0386 e. The Bertz CT molecular complexity index is 283. The predicted molar refractivity (Wildman–Crippen MR) is 77.7 cm³/mol. The fraction of sp³-hybridized carbons (Fsp3) is 0.692. The standard InChI is InChI=1S/C13H23NS2/c1-11-7-8-13(16-11)12(2)14-9-5-4-6-10-15-3/h7-8,12,14H,4-6,9-10H2,1-3H3. The average Bonchev–Trinajstić information content (AvgIpc) is 2.70. The van der Waals surface area contributed by atoms with Gasteiger partial charge in [-0.3, -0.25) is 0 Å². The second-order valence-electron chi connectivity index (χ2n) is 4.18. The number of thioether (sulfide) groups is 1. The molecule has 0 amide bonds. The summed E-state index contributed by atoms with van der Waals surface area (Å²) >= 11 is 3.85. The van der Waals surface area contributed by atoms with Crippen molar-refractivity contribution < 1.29 is 0 Å². The minimum atomic E-state index is 0.513. The molecule has 1 aromatic heterocycles. The molecule has 0 radical (unpaired) electrons. The van der Waals surface area contributed by atoms with Crippen molar-refractivity contribution in [2.24, 2.45) is 0 Å². The van der Waals surface area contributed by atoms with Crippen LogP contribution in [0.4, 0.5) is 0 Å². The molecule has 92 valence electrons. The molecule has 1 aromatic rings. The zero-order valence-electron chi connectivity index (χ0n) is 10.6. The van der Waals surface area contributed by atoms with Crippen molar-refractivity contribution >= 4 is 23.1 Å². The lowest BCUT2D eigenvalue weighted by atomic mass is 10.2. The molecular formula is C13H23NS2. The molecule has 0 bridgehead atoms. The molecular weight excluding hydrogens is 234 g/mol. The van der Waals surface area contributed by atoms with Gasteiger partial charge < -0.3 is 5.32 Å². The lowest BCUT2D eigenvalue weighted by molar-refractivity contribution is 0.550. The number of thiophene rings is 1. The molecule has 16 heavy (non-hydrogen) atoms. The first-order chi connectivity index (χ1) is 7.74. The molecule has 3 heteroatoms. The lowest BCUT2D eigenvalue weighted by Gasteiger charge is -2.11. The Morgan fingerprint density at radius 3 is 2.75 bits per heavy atom. The fourth-order valence-electron chi connectivity index (χ4n) is 1.65. The van der Waals surface area contributed by atoms with Gasteiger partial charge in [-0.1, -0.05) is 6.42 Å². The van der Waals surface area contributed by atoms with Crippen LogP contribution in [-0.4, -0.2) is 18.6 Å². The Kier molecular flexibility index (Phi) is 7.17. The largest absolute Gasteiger partial charge is 0.309 e. The van der Waals surface area contributed by atoms with Crippen molar-refractivity contribution in [2.45, 2.75) is 39.2 Å². The Balaban J connectivity index is 2.09. The van der Waals surface area contributed by atoms with Crippen LogP contribution in [0.25, 0.3) is 0 Å². The van der Waals surface area contributed by atoms with Gasteiger partial charge in [0.15, 0.2) is 0 Å². The van der Waals surface area contributed by atoms with Gasteiger partial charge in [0.2, 0.25) is 0 Å². The van der Waals surface area contributed by atoms with E-state index in [-0.39, 0.29) is 0 Å². The minimum absolute atomic E-state index is 0.513. The summed E-state index contributed by atoms with van der Waals surface area (Å²) in [5.41, 5.74) is 0. The first kappa shape index (κ1) is 14.1. The third-order valence-electron chi connectivity index (χ3n) is 2.66. The molecule has 1 rings (SSSR count). The van der Waals surface area contributed by atoms with E-state index in [0.29, 0.717) is 6.04 Å². The number of hydrogen-bond acceptors (Lipinski definition) is 3. The van der Waals surface area contributed by atoms with E-state index in [4.69, 9.17) is 0 Å². The average molecular weight is 257 g/mol. The third-order valence-corrected chi connectivity index (χ3v) is 4.54. The van der Waals surface area contributed by atoms with Gasteiger partial charge in [0.05, 0.1) is 0 Å². The van der Waals surface area contributed by atoms with Crippen LogP contribution >= 0.6 is 23.1 Å². The quantitative estimate of drug-likeness (QED) is 0.699. The molecule has 1 heterocycles. The van der Waals surface area contributed by atoms with E-state index in [1.165, 1.54) is 34.8 Å². The SMILES string of the molecule is CSCCCCCNC(C)c1ccc(C)s1. The van der Waals surface area contributed by atoms with E-state index in [1.807, 2.05) is 23.1 Å². The van der Waals surface area contributed by atoms with Crippen LogP contribution in [0.3, 0.4) is 0 Å². The normalized spacial score (nSPS) is 12.9. The molecule has 0 aromatic carbocycles. The van der Waals surface area contributed by atoms with Crippen LogP contribution in [0.1, 0.15) is 42.0 Å². The molecule has 0 fully saturated rings. The second-order valence-corrected chi connectivity index (χ2v) is 6.48. The van der Waals surface area contributed by atoms with Crippen LogP contribution in [0.5, 0.6) is 0 Å². The molecule has 0 saturated carbocycles. The van der Waals surface area contributed by atoms with E-state index in [9.17, 15) is 0 Å². The highest BCUT2D eigenvalue weighted by Gasteiger charge is 2.05. The van der Waals surface area contributed by atoms with E-state index in [0.717, 1.165) is 6.54 Å². The van der Waals surface area contributed by atoms with Crippen molar-refractivity contribution in [3.63, 3.8) is 0 Å². The first-order valence-corrected chi connectivity index (χ1v) is 8.23. The van der Waals surface area contributed by atoms with Gasteiger partial charge in [-0.05, 0) is 57.4 Å². The topological polar surface area (TPSA) is 12.0 Å². The van der Waals surface area contributed by atoms with Gasteiger partial charge in [0.1, 0.15) is 0 Å². The summed E-state index contributed by atoms with van der Waals surface area (Å²) in [6.07, 6.45) is 6.19. The maximum Gasteiger partial charge on any atom is 0.0386 e. The summed E-state index contributed by atoms with van der Waals surface area (Å²) in [5.74, 6) is 1.31. The zero-order valence-corrected chi connectivity index (χ0v) is 12.2. The van der Waals surface area contributed by atoms with Crippen molar-refractivity contribution in [2.75, 3.05) is 18.6 Å². The van der Waals surface area contributed by atoms with Crippen LogP contribution < -0.4 is 5.32 Å². The number of unbranched alkanes of at least 4 members (excludes halogenated alkanes) is 2. The Hall–Kier alpha value is 0.01000. The maximum absolute atomic E-state index is 3.59. The van der Waals surface area contributed by atoms with Gasteiger partial charge >= 0.3 is 0 Å². The zero-order chi connectivity index (χ0) is 11.8. The Morgan fingerprint density at radius 1 is 1.31 bits per heavy atom. The summed E-state index contributed by atoms with van der Waals surface area (Å²) in [6.45, 7) is 5.57. The van der Waals surface area contributed by atoms with E-state index in [2.05, 4.69) is 37.6 Å². The van der Waals surface area contributed by atoms with Crippen LogP contribution in [0, 0.1) is 6.92 Å². The molecule has 1 atom stereocenters. The van der Waals surface area contributed by atoms with Gasteiger partial charge in [-0.2, -0.15) is 11.8 Å². The molecule has 0 aliphatic rings. The van der Waals surface area contributed by atoms with Crippen molar-refractivity contribution in [1.82, 2.24) is 5.32 Å². The number of rotatable bonds is 8. The lowest BCUT2D eigenvalue weighted by Crippen LogP contribution is -2.18. The summed E-state index contributed by atoms with van der Waals surface area (Å²) < 4.78 is 0. The molecule has 1 unspecified atom stereocenters. The number of hydrogen-bond donors (Lipinski definition) is 1. The molecule has 1 N–H and O–H groups in total. The van der Waals surface area contributed by atoms with Gasteiger partial charge in [0.25, 0.3) is 0 Å². The van der Waals surface area contributed by atoms with Gasteiger partial charge in [-0.15, -0.1) is 11.3 Å². The molecule has 1 nitrogen and oxygen atoms in total. The highest BCUT2D eigenvalue weighted by molar-refractivity contribution is 7.98. The molecule has 0 aliphatic heterocycles. The minimum Gasteiger partial charge on any atom is -0.309 e. The Labute approximate surface area is 108 Å². The molecule has 0 saturated heterocycles. The number of nitrogens with one attached hydrogen (secondary N) is 1. The third kappa shape index (κ3) is 5.37. The summed E-state index contributed by atoms with van der Waals surface area (Å²) in [7, 11) is 0. The monoisotopic (exact) mass is 257 g/mol. The second kappa shape index (κ2) is 8.15. The van der Waals surface area contributed by atoms with Crippen molar-refractivity contribution in [3.8, 4) is 0 Å². The molecule has 0 aliphatic carbocycles. The fourth-order valence-corrected chi connectivity index (χ4v) is 3.05. The Morgan fingerprint density at radius 2 is 2.12 bits per heavy atom. The van der Waals surface area contributed by atoms with E-state index < -0.39 is 0 Å². The van der Waals surface area contributed by atoms with Crippen LogP contribution in [0.15, 0.2) is 12.1 Å². The predicted octanol–water partition coefficient (Wildman–Crippen LogP) is 4.24. The summed E-state index contributed by atoms with van der Waals surface area (Å²) in [4.78, 5) is 2.87. The van der Waals surface area contributed by atoms with Crippen molar-refractivity contribution in [1.29, 1.82) is 0 Å². The van der Waals surface area contributed by atoms with Gasteiger partial charge in [0, 0.05) is 15.8 Å². The van der Waals surface area contributed by atoms with Crippen LogP contribution in [-0.2, 0) is 0 Å².